The first-order valence-electron chi connectivity index (χ1n) is 6.85. The molecule has 0 spiro atoms. The fourth-order valence-corrected chi connectivity index (χ4v) is 4.84. The maximum atomic E-state index is 11.1. The minimum absolute atomic E-state index is 0.181. The van der Waals surface area contributed by atoms with Crippen molar-refractivity contribution in [2.75, 3.05) is 5.32 Å². The predicted octanol–water partition coefficient (Wildman–Crippen LogP) is 3.81. The van der Waals surface area contributed by atoms with E-state index in [9.17, 15) is 10.1 Å². The van der Waals surface area contributed by atoms with E-state index in [1.807, 2.05) is 6.07 Å². The Kier molecular flexibility index (Phi) is 2.43. The van der Waals surface area contributed by atoms with Crippen molar-refractivity contribution in [2.24, 2.45) is 23.7 Å². The van der Waals surface area contributed by atoms with Gasteiger partial charge in [-0.3, -0.25) is 10.1 Å². The second-order valence-corrected chi connectivity index (χ2v) is 6.99. The largest absolute Gasteiger partial charge is 0.376 e. The molecule has 1 N–H and O–H groups in total. The van der Waals surface area contributed by atoms with Gasteiger partial charge in [-0.25, -0.2) is 0 Å². The fraction of sp³-hybridized carbons (Fsp3) is 0.571. The Labute approximate surface area is 119 Å². The van der Waals surface area contributed by atoms with Crippen molar-refractivity contribution in [3.8, 4) is 0 Å². The maximum Gasteiger partial charge on any atom is 0.292 e. The van der Waals surface area contributed by atoms with Gasteiger partial charge in [-0.1, -0.05) is 15.9 Å². The lowest BCUT2D eigenvalue weighted by Gasteiger charge is -2.12. The second-order valence-electron chi connectivity index (χ2n) is 6.08. The summed E-state index contributed by atoms with van der Waals surface area (Å²) in [5, 5.41) is 14.5. The molecule has 0 radical (unpaired) electrons. The number of halogens is 1. The van der Waals surface area contributed by atoms with Crippen LogP contribution in [0.5, 0.6) is 0 Å². The molecule has 4 nitrogen and oxygen atoms in total. The SMILES string of the molecule is O=[N+]([O-])c1ccc(Br)cc1NC1C2C3CCC(C3)C12. The fourth-order valence-electron chi connectivity index (χ4n) is 4.48. The van der Waals surface area contributed by atoms with Gasteiger partial charge in [-0.05, 0) is 55.1 Å². The lowest BCUT2D eigenvalue weighted by molar-refractivity contribution is -0.384. The molecule has 4 atom stereocenters. The quantitative estimate of drug-likeness (QED) is 0.680. The van der Waals surface area contributed by atoms with Crippen LogP contribution in [0.4, 0.5) is 11.4 Å². The molecule has 3 saturated carbocycles. The van der Waals surface area contributed by atoms with Crippen LogP contribution in [-0.2, 0) is 0 Å². The van der Waals surface area contributed by atoms with E-state index >= 15 is 0 Å². The van der Waals surface area contributed by atoms with Crippen molar-refractivity contribution < 1.29 is 4.92 Å². The summed E-state index contributed by atoms with van der Waals surface area (Å²) in [7, 11) is 0. The Bertz CT molecular complexity index is 546. The molecule has 3 aliphatic carbocycles. The summed E-state index contributed by atoms with van der Waals surface area (Å²) in [5.74, 6) is 3.30. The molecule has 3 aliphatic rings. The van der Waals surface area contributed by atoms with Crippen LogP contribution in [-0.4, -0.2) is 11.0 Å². The van der Waals surface area contributed by atoms with Crippen molar-refractivity contribution in [1.82, 2.24) is 0 Å². The molecule has 0 amide bonds. The van der Waals surface area contributed by atoms with E-state index in [2.05, 4.69) is 21.2 Å². The highest BCUT2D eigenvalue weighted by Gasteiger charge is 2.65. The first-order valence-corrected chi connectivity index (χ1v) is 7.65. The summed E-state index contributed by atoms with van der Waals surface area (Å²) < 4.78 is 0.884. The molecular formula is C14H15BrN2O2. The number of hydrogen-bond acceptors (Lipinski definition) is 3. The van der Waals surface area contributed by atoms with Gasteiger partial charge < -0.3 is 5.32 Å². The Balaban J connectivity index is 1.58. The van der Waals surface area contributed by atoms with E-state index in [0.29, 0.717) is 11.7 Å². The minimum atomic E-state index is -0.304. The minimum Gasteiger partial charge on any atom is -0.376 e. The third-order valence-electron chi connectivity index (χ3n) is 5.21. The topological polar surface area (TPSA) is 55.2 Å². The van der Waals surface area contributed by atoms with Crippen LogP contribution >= 0.6 is 15.9 Å². The van der Waals surface area contributed by atoms with E-state index in [4.69, 9.17) is 0 Å². The average Bonchev–Trinajstić information content (AvgIpc) is 2.78. The lowest BCUT2D eigenvalue weighted by Crippen LogP contribution is -2.13. The standard InChI is InChI=1S/C14H15BrN2O2/c15-9-3-4-11(17(18)19)10(6-9)16-14-12-7-1-2-8(5-7)13(12)14/h3-4,6-8,12-14,16H,1-2,5H2. The van der Waals surface area contributed by atoms with Gasteiger partial charge >= 0.3 is 0 Å². The predicted molar refractivity (Wildman–Crippen MR) is 76.0 cm³/mol. The molecular weight excluding hydrogens is 308 g/mol. The summed E-state index contributed by atoms with van der Waals surface area (Å²) >= 11 is 3.39. The molecule has 100 valence electrons. The number of anilines is 1. The smallest absolute Gasteiger partial charge is 0.292 e. The van der Waals surface area contributed by atoms with E-state index in [1.54, 1.807) is 12.1 Å². The van der Waals surface area contributed by atoms with Gasteiger partial charge in [-0.2, -0.15) is 0 Å². The molecule has 0 saturated heterocycles. The highest BCUT2D eigenvalue weighted by molar-refractivity contribution is 9.10. The third-order valence-corrected chi connectivity index (χ3v) is 5.71. The van der Waals surface area contributed by atoms with Crippen molar-refractivity contribution in [3.63, 3.8) is 0 Å². The Morgan fingerprint density at radius 3 is 2.58 bits per heavy atom. The summed E-state index contributed by atoms with van der Waals surface area (Å²) in [4.78, 5) is 10.8. The Morgan fingerprint density at radius 1 is 1.26 bits per heavy atom. The second kappa shape index (κ2) is 3.95. The van der Waals surface area contributed by atoms with Gasteiger partial charge in [0.1, 0.15) is 5.69 Å². The summed E-state index contributed by atoms with van der Waals surface area (Å²) in [6.07, 6.45) is 4.13. The first kappa shape index (κ1) is 11.7. The van der Waals surface area contributed by atoms with Gasteiger partial charge in [0.25, 0.3) is 5.69 Å². The van der Waals surface area contributed by atoms with Crippen LogP contribution in [0.2, 0.25) is 0 Å². The number of nitrogens with one attached hydrogen (secondary N) is 1. The zero-order valence-corrected chi connectivity index (χ0v) is 12.0. The molecule has 5 heteroatoms. The number of nitro benzene ring substituents is 1. The van der Waals surface area contributed by atoms with Crippen molar-refractivity contribution >= 4 is 27.3 Å². The summed E-state index contributed by atoms with van der Waals surface area (Å²) in [5.41, 5.74) is 0.846. The molecule has 0 heterocycles. The number of nitrogens with zero attached hydrogens (tertiary/aromatic N) is 1. The molecule has 4 unspecified atom stereocenters. The zero-order valence-electron chi connectivity index (χ0n) is 10.4. The molecule has 0 aromatic heterocycles. The maximum absolute atomic E-state index is 11.1. The average molecular weight is 323 g/mol. The van der Waals surface area contributed by atoms with Crippen molar-refractivity contribution in [2.45, 2.75) is 25.3 Å². The molecule has 1 aromatic carbocycles. The molecule has 19 heavy (non-hydrogen) atoms. The van der Waals surface area contributed by atoms with Gasteiger partial charge in [0.15, 0.2) is 0 Å². The van der Waals surface area contributed by atoms with Crippen LogP contribution in [0, 0.1) is 33.8 Å². The normalized spacial score (nSPS) is 38.1. The molecule has 0 aliphatic heterocycles. The highest BCUT2D eigenvalue weighted by atomic mass is 79.9. The number of benzene rings is 1. The number of hydrogen-bond donors (Lipinski definition) is 1. The highest BCUT2D eigenvalue weighted by Crippen LogP contribution is 2.66. The summed E-state index contributed by atoms with van der Waals surface area (Å²) in [6.45, 7) is 0. The van der Waals surface area contributed by atoms with Gasteiger partial charge in [0.05, 0.1) is 4.92 Å². The van der Waals surface area contributed by atoms with Crippen LogP contribution in [0.3, 0.4) is 0 Å². The lowest BCUT2D eigenvalue weighted by atomic mass is 10.0. The molecule has 3 fully saturated rings. The van der Waals surface area contributed by atoms with Gasteiger partial charge in [-0.15, -0.1) is 0 Å². The van der Waals surface area contributed by atoms with Crippen molar-refractivity contribution in [3.05, 3.63) is 32.8 Å². The van der Waals surface area contributed by atoms with Crippen LogP contribution in [0.25, 0.3) is 0 Å². The third kappa shape index (κ3) is 1.71. The summed E-state index contributed by atoms with van der Waals surface area (Å²) in [6, 6.07) is 5.59. The zero-order chi connectivity index (χ0) is 13.1. The molecule has 2 bridgehead atoms. The Morgan fingerprint density at radius 2 is 1.95 bits per heavy atom. The monoisotopic (exact) mass is 322 g/mol. The van der Waals surface area contributed by atoms with E-state index < -0.39 is 0 Å². The number of nitro groups is 1. The Hall–Kier alpha value is -1.10. The first-order chi connectivity index (χ1) is 9.15. The molecule has 4 rings (SSSR count). The van der Waals surface area contributed by atoms with Gasteiger partial charge in [0, 0.05) is 16.6 Å². The number of rotatable bonds is 3. The van der Waals surface area contributed by atoms with E-state index in [1.165, 1.54) is 19.3 Å². The van der Waals surface area contributed by atoms with Crippen LogP contribution in [0.15, 0.2) is 22.7 Å². The van der Waals surface area contributed by atoms with E-state index in [0.717, 1.165) is 28.1 Å². The van der Waals surface area contributed by atoms with Crippen molar-refractivity contribution in [1.29, 1.82) is 0 Å². The molecule has 1 aromatic rings. The van der Waals surface area contributed by atoms with E-state index in [-0.39, 0.29) is 10.6 Å². The number of fused-ring (bicyclic) bond motifs is 5. The van der Waals surface area contributed by atoms with Crippen LogP contribution in [0.1, 0.15) is 19.3 Å². The van der Waals surface area contributed by atoms with Gasteiger partial charge in [0.2, 0.25) is 0 Å². The van der Waals surface area contributed by atoms with Crippen LogP contribution < -0.4 is 5.32 Å².